The molecule has 0 aliphatic carbocycles. The summed E-state index contributed by atoms with van der Waals surface area (Å²) >= 11 is 0. The molecule has 0 unspecified atom stereocenters. The van der Waals surface area contributed by atoms with Crippen LogP contribution in [0.4, 0.5) is 0 Å². The number of ether oxygens (including phenoxy) is 2. The van der Waals surface area contributed by atoms with E-state index in [2.05, 4.69) is 19.9 Å². The van der Waals surface area contributed by atoms with E-state index in [4.69, 9.17) is 15.2 Å². The first-order chi connectivity index (χ1) is 10.2. The SMILES string of the molecule is COc1cc(COc2ccccc2C(C)C)ccc1CN. The van der Waals surface area contributed by atoms with E-state index in [1.54, 1.807) is 7.11 Å². The van der Waals surface area contributed by atoms with Crippen molar-refractivity contribution in [2.45, 2.75) is 32.9 Å². The van der Waals surface area contributed by atoms with Gasteiger partial charge in [-0.1, -0.05) is 44.2 Å². The molecule has 0 atom stereocenters. The molecule has 0 bridgehead atoms. The highest BCUT2D eigenvalue weighted by Crippen LogP contribution is 2.27. The smallest absolute Gasteiger partial charge is 0.123 e. The highest BCUT2D eigenvalue weighted by Gasteiger charge is 2.08. The third-order valence-electron chi connectivity index (χ3n) is 3.51. The van der Waals surface area contributed by atoms with Crippen LogP contribution in [0.3, 0.4) is 0 Å². The molecule has 0 spiro atoms. The lowest BCUT2D eigenvalue weighted by atomic mass is 10.0. The van der Waals surface area contributed by atoms with Gasteiger partial charge in [0, 0.05) is 12.1 Å². The van der Waals surface area contributed by atoms with E-state index in [9.17, 15) is 0 Å². The fourth-order valence-electron chi connectivity index (χ4n) is 2.30. The first-order valence-corrected chi connectivity index (χ1v) is 7.23. The third kappa shape index (κ3) is 3.76. The second-order valence-electron chi connectivity index (χ2n) is 5.33. The molecule has 0 aromatic heterocycles. The number of benzene rings is 2. The van der Waals surface area contributed by atoms with Gasteiger partial charge in [-0.05, 0) is 29.2 Å². The van der Waals surface area contributed by atoms with E-state index < -0.39 is 0 Å². The molecule has 0 aliphatic rings. The van der Waals surface area contributed by atoms with E-state index in [-0.39, 0.29) is 0 Å². The van der Waals surface area contributed by atoms with Crippen LogP contribution < -0.4 is 15.2 Å². The molecule has 0 radical (unpaired) electrons. The van der Waals surface area contributed by atoms with Crippen LogP contribution in [0.15, 0.2) is 42.5 Å². The van der Waals surface area contributed by atoms with E-state index in [0.29, 0.717) is 19.1 Å². The fourth-order valence-corrected chi connectivity index (χ4v) is 2.30. The maximum absolute atomic E-state index is 5.97. The summed E-state index contributed by atoms with van der Waals surface area (Å²) in [5.74, 6) is 2.19. The predicted molar refractivity (Wildman–Crippen MR) is 85.7 cm³/mol. The lowest BCUT2D eigenvalue weighted by Crippen LogP contribution is -2.03. The zero-order chi connectivity index (χ0) is 15.2. The van der Waals surface area contributed by atoms with E-state index >= 15 is 0 Å². The molecule has 2 aromatic rings. The number of hydrogen-bond acceptors (Lipinski definition) is 3. The monoisotopic (exact) mass is 285 g/mol. The molecular formula is C18H23NO2. The van der Waals surface area contributed by atoms with Crippen molar-refractivity contribution in [3.63, 3.8) is 0 Å². The number of para-hydroxylation sites is 1. The topological polar surface area (TPSA) is 44.5 Å². The summed E-state index contributed by atoms with van der Waals surface area (Å²) in [5, 5.41) is 0. The lowest BCUT2D eigenvalue weighted by Gasteiger charge is -2.15. The van der Waals surface area contributed by atoms with Crippen molar-refractivity contribution in [1.82, 2.24) is 0 Å². The Bertz CT molecular complexity index is 594. The molecule has 0 fully saturated rings. The van der Waals surface area contributed by atoms with Crippen molar-refractivity contribution < 1.29 is 9.47 Å². The second-order valence-corrected chi connectivity index (χ2v) is 5.33. The van der Waals surface area contributed by atoms with Gasteiger partial charge in [-0.15, -0.1) is 0 Å². The van der Waals surface area contributed by atoms with Crippen LogP contribution in [0.5, 0.6) is 11.5 Å². The second kappa shape index (κ2) is 7.14. The average molecular weight is 285 g/mol. The molecule has 2 N–H and O–H groups in total. The Morgan fingerprint density at radius 3 is 2.48 bits per heavy atom. The number of nitrogens with two attached hydrogens (primary N) is 1. The maximum Gasteiger partial charge on any atom is 0.123 e. The summed E-state index contributed by atoms with van der Waals surface area (Å²) in [7, 11) is 1.66. The minimum absolute atomic E-state index is 0.440. The molecular weight excluding hydrogens is 262 g/mol. The summed E-state index contributed by atoms with van der Waals surface area (Å²) in [6.45, 7) is 5.33. The largest absolute Gasteiger partial charge is 0.496 e. The number of methoxy groups -OCH3 is 1. The first-order valence-electron chi connectivity index (χ1n) is 7.23. The van der Waals surface area contributed by atoms with E-state index in [0.717, 1.165) is 22.6 Å². The fraction of sp³-hybridized carbons (Fsp3) is 0.333. The van der Waals surface area contributed by atoms with Gasteiger partial charge >= 0.3 is 0 Å². The van der Waals surface area contributed by atoms with Crippen molar-refractivity contribution in [1.29, 1.82) is 0 Å². The molecule has 0 heterocycles. The highest BCUT2D eigenvalue weighted by molar-refractivity contribution is 5.39. The van der Waals surface area contributed by atoms with Gasteiger partial charge in [0.25, 0.3) is 0 Å². The zero-order valence-corrected chi connectivity index (χ0v) is 12.9. The molecule has 3 nitrogen and oxygen atoms in total. The maximum atomic E-state index is 5.97. The van der Waals surface area contributed by atoms with Crippen molar-refractivity contribution >= 4 is 0 Å². The van der Waals surface area contributed by atoms with Gasteiger partial charge < -0.3 is 15.2 Å². The molecule has 3 heteroatoms. The van der Waals surface area contributed by atoms with Gasteiger partial charge in [0.2, 0.25) is 0 Å². The minimum atomic E-state index is 0.440. The van der Waals surface area contributed by atoms with Crippen LogP contribution in [0.2, 0.25) is 0 Å². The normalized spacial score (nSPS) is 10.7. The summed E-state index contributed by atoms with van der Waals surface area (Å²) < 4.78 is 11.3. The Morgan fingerprint density at radius 2 is 1.81 bits per heavy atom. The summed E-state index contributed by atoms with van der Waals surface area (Å²) in [5.41, 5.74) is 8.98. The molecule has 2 aromatic carbocycles. The molecule has 21 heavy (non-hydrogen) atoms. The Hall–Kier alpha value is -2.00. The first kappa shape index (κ1) is 15.4. The van der Waals surface area contributed by atoms with Crippen LogP contribution in [0.1, 0.15) is 36.5 Å². The van der Waals surface area contributed by atoms with Gasteiger partial charge in [0.1, 0.15) is 18.1 Å². The Balaban J connectivity index is 2.13. The van der Waals surface area contributed by atoms with Crippen LogP contribution >= 0.6 is 0 Å². The molecule has 2 rings (SSSR count). The van der Waals surface area contributed by atoms with Crippen molar-refractivity contribution in [2.24, 2.45) is 5.73 Å². The summed E-state index contributed by atoms with van der Waals surface area (Å²) in [6.07, 6.45) is 0. The summed E-state index contributed by atoms with van der Waals surface area (Å²) in [4.78, 5) is 0. The quantitative estimate of drug-likeness (QED) is 0.876. The Labute approximate surface area is 126 Å². The number of hydrogen-bond donors (Lipinski definition) is 1. The van der Waals surface area contributed by atoms with Crippen molar-refractivity contribution in [3.8, 4) is 11.5 Å². The zero-order valence-electron chi connectivity index (χ0n) is 12.9. The average Bonchev–Trinajstić information content (AvgIpc) is 2.52. The van der Waals surface area contributed by atoms with Crippen LogP contribution in [0.25, 0.3) is 0 Å². The Morgan fingerprint density at radius 1 is 1.05 bits per heavy atom. The molecule has 0 aliphatic heterocycles. The summed E-state index contributed by atoms with van der Waals surface area (Å²) in [6, 6.07) is 14.2. The van der Waals surface area contributed by atoms with Crippen LogP contribution in [-0.4, -0.2) is 7.11 Å². The van der Waals surface area contributed by atoms with Gasteiger partial charge in [-0.25, -0.2) is 0 Å². The van der Waals surface area contributed by atoms with E-state index in [1.165, 1.54) is 5.56 Å². The predicted octanol–water partition coefficient (Wildman–Crippen LogP) is 3.86. The standard InChI is InChI=1S/C18H23NO2/c1-13(2)16-6-4-5-7-17(16)21-12-14-8-9-15(11-19)18(10-14)20-3/h4-10,13H,11-12,19H2,1-3H3. The van der Waals surface area contributed by atoms with E-state index in [1.807, 2.05) is 36.4 Å². The van der Waals surface area contributed by atoms with Crippen molar-refractivity contribution in [2.75, 3.05) is 7.11 Å². The number of rotatable bonds is 6. The Kier molecular flexibility index (Phi) is 5.23. The molecule has 112 valence electrons. The molecule has 0 amide bonds. The third-order valence-corrected chi connectivity index (χ3v) is 3.51. The van der Waals surface area contributed by atoms with Gasteiger partial charge in [0.05, 0.1) is 7.11 Å². The lowest BCUT2D eigenvalue weighted by molar-refractivity contribution is 0.300. The molecule has 0 saturated heterocycles. The van der Waals surface area contributed by atoms with Gasteiger partial charge in [0.15, 0.2) is 0 Å². The van der Waals surface area contributed by atoms with Gasteiger partial charge in [-0.3, -0.25) is 0 Å². The van der Waals surface area contributed by atoms with Crippen molar-refractivity contribution in [3.05, 3.63) is 59.2 Å². The van der Waals surface area contributed by atoms with Crippen LogP contribution in [0, 0.1) is 0 Å². The molecule has 0 saturated carbocycles. The highest BCUT2D eigenvalue weighted by atomic mass is 16.5. The minimum Gasteiger partial charge on any atom is -0.496 e. The van der Waals surface area contributed by atoms with Gasteiger partial charge in [-0.2, -0.15) is 0 Å². The van der Waals surface area contributed by atoms with Crippen LogP contribution in [-0.2, 0) is 13.2 Å².